The molecule has 1 unspecified atom stereocenters. The minimum Gasteiger partial charge on any atom is -0.338 e. The highest BCUT2D eigenvalue weighted by Crippen LogP contribution is 2.14. The normalized spacial score (nSPS) is 12.0. The third-order valence-electron chi connectivity index (χ3n) is 3.42. The van der Waals surface area contributed by atoms with E-state index in [9.17, 15) is 9.59 Å². The second-order valence-electron chi connectivity index (χ2n) is 5.74. The Morgan fingerprint density at radius 3 is 2.24 bits per heavy atom. The summed E-state index contributed by atoms with van der Waals surface area (Å²) >= 11 is 0. The molecule has 0 aliphatic carbocycles. The summed E-state index contributed by atoms with van der Waals surface area (Å²) in [6, 6.07) is 6.71. The first-order valence-electron chi connectivity index (χ1n) is 7.45. The summed E-state index contributed by atoms with van der Waals surface area (Å²) < 4.78 is 0. The summed E-state index contributed by atoms with van der Waals surface area (Å²) in [6.07, 6.45) is 1.64. The fraction of sp³-hybridized carbons (Fsp3) is 0.444. The molecule has 3 heteroatoms. The number of carbonyl (C=O) groups excluding carboxylic acids is 2. The van der Waals surface area contributed by atoms with Crippen LogP contribution in [0.5, 0.6) is 0 Å². The predicted octanol–water partition coefficient (Wildman–Crippen LogP) is 3.67. The van der Waals surface area contributed by atoms with Gasteiger partial charge < -0.3 is 5.32 Å². The van der Waals surface area contributed by atoms with Crippen molar-refractivity contribution < 1.29 is 9.59 Å². The van der Waals surface area contributed by atoms with Gasteiger partial charge in [-0.15, -0.1) is 0 Å². The zero-order valence-electron chi connectivity index (χ0n) is 13.4. The molecule has 0 saturated heterocycles. The molecule has 1 aromatic carbocycles. The SMILES string of the molecule is C=C(CCC)C(NC(=O)c1ccc(C)cc1)C(=O)C(C)C. The van der Waals surface area contributed by atoms with Crippen LogP contribution in [0, 0.1) is 12.8 Å². The predicted molar refractivity (Wildman–Crippen MR) is 86.3 cm³/mol. The van der Waals surface area contributed by atoms with Gasteiger partial charge in [-0.3, -0.25) is 9.59 Å². The number of rotatable bonds is 7. The standard InChI is InChI=1S/C18H25NO2/c1-6-7-14(5)16(17(20)12(2)3)19-18(21)15-10-8-13(4)9-11-15/h8-12,16H,5-7H2,1-4H3,(H,19,21). The van der Waals surface area contributed by atoms with E-state index >= 15 is 0 Å². The Balaban J connectivity index is 2.90. The fourth-order valence-corrected chi connectivity index (χ4v) is 2.09. The van der Waals surface area contributed by atoms with Crippen LogP contribution in [0.25, 0.3) is 0 Å². The lowest BCUT2D eigenvalue weighted by molar-refractivity contribution is -0.122. The van der Waals surface area contributed by atoms with E-state index in [0.29, 0.717) is 5.56 Å². The molecule has 0 heterocycles. The Kier molecular flexibility index (Phi) is 6.35. The molecule has 1 atom stereocenters. The number of amides is 1. The highest BCUT2D eigenvalue weighted by Gasteiger charge is 2.25. The number of carbonyl (C=O) groups is 2. The first-order chi connectivity index (χ1) is 9.86. The van der Waals surface area contributed by atoms with E-state index in [2.05, 4.69) is 11.9 Å². The molecule has 1 N–H and O–H groups in total. The van der Waals surface area contributed by atoms with Crippen LogP contribution in [0.15, 0.2) is 36.4 Å². The summed E-state index contributed by atoms with van der Waals surface area (Å²) in [5, 5.41) is 2.83. The van der Waals surface area contributed by atoms with Gasteiger partial charge in [0.2, 0.25) is 0 Å². The van der Waals surface area contributed by atoms with Crippen molar-refractivity contribution in [3.8, 4) is 0 Å². The van der Waals surface area contributed by atoms with Gasteiger partial charge in [-0.2, -0.15) is 0 Å². The molecule has 0 radical (unpaired) electrons. The van der Waals surface area contributed by atoms with E-state index in [4.69, 9.17) is 0 Å². The molecule has 0 spiro atoms. The monoisotopic (exact) mass is 287 g/mol. The number of benzene rings is 1. The molecule has 0 bridgehead atoms. The number of ketones is 1. The van der Waals surface area contributed by atoms with Crippen molar-refractivity contribution in [2.24, 2.45) is 5.92 Å². The van der Waals surface area contributed by atoms with Gasteiger partial charge in [0.25, 0.3) is 5.91 Å². The molecule has 0 saturated carbocycles. The van der Waals surface area contributed by atoms with Crippen molar-refractivity contribution in [1.82, 2.24) is 5.32 Å². The number of aryl methyl sites for hydroxylation is 1. The van der Waals surface area contributed by atoms with Crippen LogP contribution in [0.2, 0.25) is 0 Å². The van der Waals surface area contributed by atoms with Crippen LogP contribution >= 0.6 is 0 Å². The van der Waals surface area contributed by atoms with Crippen molar-refractivity contribution in [2.75, 3.05) is 0 Å². The maximum atomic E-state index is 12.3. The fourth-order valence-electron chi connectivity index (χ4n) is 2.09. The molecule has 1 rings (SSSR count). The molecule has 0 aliphatic rings. The van der Waals surface area contributed by atoms with E-state index in [1.165, 1.54) is 0 Å². The zero-order chi connectivity index (χ0) is 16.0. The molecule has 3 nitrogen and oxygen atoms in total. The molecule has 21 heavy (non-hydrogen) atoms. The Labute approximate surface area is 127 Å². The van der Waals surface area contributed by atoms with E-state index < -0.39 is 6.04 Å². The number of hydrogen-bond donors (Lipinski definition) is 1. The number of Topliss-reactive ketones (excluding diaryl/α,β-unsaturated/α-hetero) is 1. The zero-order valence-corrected chi connectivity index (χ0v) is 13.4. The number of hydrogen-bond acceptors (Lipinski definition) is 2. The van der Waals surface area contributed by atoms with Crippen molar-refractivity contribution in [2.45, 2.75) is 46.6 Å². The molecule has 0 fully saturated rings. The minimum absolute atomic E-state index is 0.00825. The average molecular weight is 287 g/mol. The van der Waals surface area contributed by atoms with Gasteiger partial charge in [0.1, 0.15) is 6.04 Å². The van der Waals surface area contributed by atoms with Gasteiger partial charge >= 0.3 is 0 Å². The van der Waals surface area contributed by atoms with Gasteiger partial charge in [-0.25, -0.2) is 0 Å². The Bertz CT molecular complexity index is 515. The van der Waals surface area contributed by atoms with Crippen molar-refractivity contribution in [1.29, 1.82) is 0 Å². The largest absolute Gasteiger partial charge is 0.338 e. The number of nitrogens with one attached hydrogen (secondary N) is 1. The van der Waals surface area contributed by atoms with Gasteiger partial charge in [-0.1, -0.05) is 51.5 Å². The average Bonchev–Trinajstić information content (AvgIpc) is 2.44. The highest BCUT2D eigenvalue weighted by atomic mass is 16.2. The topological polar surface area (TPSA) is 46.2 Å². The van der Waals surface area contributed by atoms with E-state index in [1.54, 1.807) is 12.1 Å². The molecule has 1 amide bonds. The Morgan fingerprint density at radius 2 is 1.76 bits per heavy atom. The second-order valence-corrected chi connectivity index (χ2v) is 5.74. The lowest BCUT2D eigenvalue weighted by Gasteiger charge is -2.21. The highest BCUT2D eigenvalue weighted by molar-refractivity contribution is 5.99. The summed E-state index contributed by atoms with van der Waals surface area (Å²) in [4.78, 5) is 24.6. The van der Waals surface area contributed by atoms with Crippen LogP contribution in [-0.2, 0) is 4.79 Å². The minimum atomic E-state index is -0.598. The first kappa shape index (κ1) is 17.2. The molecule has 0 aliphatic heterocycles. The van der Waals surface area contributed by atoms with Crippen LogP contribution in [0.4, 0.5) is 0 Å². The van der Waals surface area contributed by atoms with Crippen LogP contribution < -0.4 is 5.32 Å². The molecule has 0 aromatic heterocycles. The summed E-state index contributed by atoms with van der Waals surface area (Å²) in [7, 11) is 0. The van der Waals surface area contributed by atoms with Crippen LogP contribution in [-0.4, -0.2) is 17.7 Å². The van der Waals surface area contributed by atoms with Crippen molar-refractivity contribution >= 4 is 11.7 Å². The lowest BCUT2D eigenvalue weighted by atomic mass is 9.93. The third kappa shape index (κ3) is 4.85. The summed E-state index contributed by atoms with van der Waals surface area (Å²) in [5.41, 5.74) is 2.43. The van der Waals surface area contributed by atoms with Gasteiger partial charge in [0.15, 0.2) is 5.78 Å². The molecule has 114 valence electrons. The first-order valence-corrected chi connectivity index (χ1v) is 7.45. The quantitative estimate of drug-likeness (QED) is 0.778. The maximum absolute atomic E-state index is 12.3. The van der Waals surface area contributed by atoms with Gasteiger partial charge in [0, 0.05) is 11.5 Å². The molecule has 1 aromatic rings. The maximum Gasteiger partial charge on any atom is 0.252 e. The molecular formula is C18H25NO2. The molecular weight excluding hydrogens is 262 g/mol. The van der Waals surface area contributed by atoms with E-state index in [1.807, 2.05) is 39.8 Å². The second kappa shape index (κ2) is 7.77. The van der Waals surface area contributed by atoms with E-state index in [0.717, 1.165) is 24.0 Å². The Hall–Kier alpha value is -1.90. The Morgan fingerprint density at radius 1 is 1.19 bits per heavy atom. The van der Waals surface area contributed by atoms with Gasteiger partial charge in [0.05, 0.1) is 0 Å². The van der Waals surface area contributed by atoms with Crippen LogP contribution in [0.3, 0.4) is 0 Å². The van der Waals surface area contributed by atoms with Gasteiger partial charge in [-0.05, 0) is 31.1 Å². The summed E-state index contributed by atoms with van der Waals surface area (Å²) in [6.45, 7) is 11.7. The third-order valence-corrected chi connectivity index (χ3v) is 3.42. The van der Waals surface area contributed by atoms with Crippen LogP contribution in [0.1, 0.15) is 49.5 Å². The smallest absolute Gasteiger partial charge is 0.252 e. The lowest BCUT2D eigenvalue weighted by Crippen LogP contribution is -2.43. The summed E-state index contributed by atoms with van der Waals surface area (Å²) in [5.74, 6) is -0.359. The van der Waals surface area contributed by atoms with E-state index in [-0.39, 0.29) is 17.6 Å². The van der Waals surface area contributed by atoms with Crippen molar-refractivity contribution in [3.63, 3.8) is 0 Å². The van der Waals surface area contributed by atoms with Crippen molar-refractivity contribution in [3.05, 3.63) is 47.5 Å².